The number of hydrogen-bond donors (Lipinski definition) is 4. The number of carbonyl (C=O) groups excluding carboxylic acids is 2. The van der Waals surface area contributed by atoms with Crippen molar-refractivity contribution in [1.82, 2.24) is 40.0 Å². The van der Waals surface area contributed by atoms with E-state index >= 15 is 0 Å². The number of nitrogens with one attached hydrogen (secondary N) is 3. The molecule has 3 aromatic heterocycles. The minimum atomic E-state index is -2.72. The Labute approximate surface area is 305 Å². The van der Waals surface area contributed by atoms with Crippen LogP contribution >= 0.6 is 0 Å². The van der Waals surface area contributed by atoms with Gasteiger partial charge in [0, 0.05) is 65.9 Å². The van der Waals surface area contributed by atoms with Crippen molar-refractivity contribution >= 4 is 28.4 Å². The second-order valence-corrected chi connectivity index (χ2v) is 16.1. The Balaban J connectivity index is 0.761. The molecule has 0 spiro atoms. The summed E-state index contributed by atoms with van der Waals surface area (Å²) in [7, 11) is 0. The number of halogens is 2. The van der Waals surface area contributed by atoms with Crippen molar-refractivity contribution in [2.45, 2.75) is 95.6 Å². The van der Waals surface area contributed by atoms with Crippen LogP contribution in [0.25, 0.3) is 10.9 Å². The number of nitrogens with zero attached hydrogens (tertiary/aromatic N) is 6. The molecule has 9 rings (SSSR count). The van der Waals surface area contributed by atoms with E-state index in [0.717, 1.165) is 85.6 Å². The van der Waals surface area contributed by atoms with Crippen LogP contribution in [-0.2, 0) is 24.2 Å². The van der Waals surface area contributed by atoms with E-state index in [-0.39, 0.29) is 36.4 Å². The third-order valence-electron chi connectivity index (χ3n) is 12.9. The largest absolute Gasteiger partial charge is 0.495 e. The van der Waals surface area contributed by atoms with Crippen molar-refractivity contribution in [3.05, 3.63) is 83.0 Å². The minimum absolute atomic E-state index is 0.0121. The standard InChI is InChI=1S/C39H45F2N9O3/c1-22-3-9-29(35(51)44-22)25-8-10-32-26(15-25)18-42-50(32)20-23-4-6-24(7-5-23)37(53)48-13-11-28(12-14-48)49-21-27(19-43-49)45-36(52)34-30-16-33-38(2,39(33,40)41)17-31(30)46-47-34/h8,10,15,18-19,21,23,28-29,33,53H,1,3-7,9,11-14,16-17,20H2,2H3,(H,44,51)(H,45,52)(H,46,47)/t23?,29?,33-,38+/m0/s1. The number of aromatic amines is 1. The number of likely N-dealkylation sites (tertiary alicyclic amines) is 1. The number of piperidine rings is 2. The summed E-state index contributed by atoms with van der Waals surface area (Å²) in [5.41, 5.74) is 4.85. The van der Waals surface area contributed by atoms with Gasteiger partial charge in [0.25, 0.3) is 11.8 Å². The van der Waals surface area contributed by atoms with Crippen LogP contribution in [0.4, 0.5) is 14.5 Å². The van der Waals surface area contributed by atoms with Crippen molar-refractivity contribution in [1.29, 1.82) is 0 Å². The number of benzene rings is 1. The van der Waals surface area contributed by atoms with Gasteiger partial charge in [-0.1, -0.05) is 19.6 Å². The van der Waals surface area contributed by atoms with Gasteiger partial charge in [0.2, 0.25) is 5.91 Å². The monoisotopic (exact) mass is 725 g/mol. The SMILES string of the molecule is C=C1CCC(c2ccc3c(cnn3CC3CCC(=C(O)N4CCC(n5cc(NC(=O)c6n[nH]c7c6C[C@@H]6C(F)(F)[C@]6(C)C7)cn5)CC4)CC3)c2)C(=O)N1. The maximum Gasteiger partial charge on any atom is 0.276 e. The van der Waals surface area contributed by atoms with E-state index in [1.165, 1.54) is 0 Å². The normalized spacial score (nSPS) is 27.0. The molecular formula is C39H45F2N9O3. The van der Waals surface area contributed by atoms with Gasteiger partial charge in [0.1, 0.15) is 0 Å². The fourth-order valence-corrected chi connectivity index (χ4v) is 9.39. The zero-order valence-corrected chi connectivity index (χ0v) is 29.9. The van der Waals surface area contributed by atoms with Crippen LogP contribution in [-0.4, -0.2) is 70.6 Å². The molecule has 5 heterocycles. The lowest BCUT2D eigenvalue weighted by Gasteiger charge is -2.35. The lowest BCUT2D eigenvalue weighted by Crippen LogP contribution is -2.35. The summed E-state index contributed by atoms with van der Waals surface area (Å²) >= 11 is 0. The molecule has 14 heteroatoms. The summed E-state index contributed by atoms with van der Waals surface area (Å²) in [6, 6.07) is 6.35. The number of allylic oxidation sites excluding steroid dienone is 2. The highest BCUT2D eigenvalue weighted by Crippen LogP contribution is 2.70. The smallest absolute Gasteiger partial charge is 0.276 e. The third kappa shape index (κ3) is 5.81. The molecule has 53 heavy (non-hydrogen) atoms. The van der Waals surface area contributed by atoms with E-state index in [1.54, 1.807) is 19.3 Å². The number of amides is 2. The van der Waals surface area contributed by atoms with Crippen LogP contribution in [0.2, 0.25) is 0 Å². The first-order valence-corrected chi connectivity index (χ1v) is 18.9. The van der Waals surface area contributed by atoms with Crippen molar-refractivity contribution in [2.75, 3.05) is 18.4 Å². The number of hydrogen-bond acceptors (Lipinski definition) is 7. The molecule has 1 unspecified atom stereocenters. The summed E-state index contributed by atoms with van der Waals surface area (Å²) in [5.74, 6) is -3.18. The van der Waals surface area contributed by atoms with Crippen LogP contribution in [0.15, 0.2) is 60.5 Å². The number of rotatable bonds is 7. The second kappa shape index (κ2) is 12.6. The summed E-state index contributed by atoms with van der Waals surface area (Å²) in [6.45, 7) is 7.71. The average Bonchev–Trinajstić information content (AvgIpc) is 3.74. The van der Waals surface area contributed by atoms with Crippen molar-refractivity contribution in [2.24, 2.45) is 17.3 Å². The number of alkyl halides is 2. The number of aliphatic hydroxyl groups excluding tert-OH is 1. The molecule has 4 aromatic rings. The Morgan fingerprint density at radius 3 is 2.66 bits per heavy atom. The fourth-order valence-electron chi connectivity index (χ4n) is 9.39. The first-order valence-electron chi connectivity index (χ1n) is 18.9. The minimum Gasteiger partial charge on any atom is -0.495 e. The Morgan fingerprint density at radius 1 is 1.09 bits per heavy atom. The van der Waals surface area contributed by atoms with Crippen molar-refractivity contribution in [3.8, 4) is 0 Å². The number of carbonyl (C=O) groups is 2. The third-order valence-corrected chi connectivity index (χ3v) is 12.9. The number of fused-ring (bicyclic) bond motifs is 3. The quantitative estimate of drug-likeness (QED) is 0.162. The highest BCUT2D eigenvalue weighted by atomic mass is 19.3. The molecule has 2 aliphatic heterocycles. The molecule has 0 radical (unpaired) electrons. The molecule has 2 saturated carbocycles. The maximum absolute atomic E-state index is 14.3. The van der Waals surface area contributed by atoms with Gasteiger partial charge in [-0.2, -0.15) is 15.3 Å². The molecule has 0 bridgehead atoms. The first kappa shape index (κ1) is 33.8. The molecule has 12 nitrogen and oxygen atoms in total. The summed E-state index contributed by atoms with van der Waals surface area (Å²) in [5, 5.41) is 34.3. The highest BCUT2D eigenvalue weighted by Gasteiger charge is 2.78. The van der Waals surface area contributed by atoms with E-state index in [0.29, 0.717) is 41.8 Å². The molecular weight excluding hydrogens is 680 g/mol. The van der Waals surface area contributed by atoms with Gasteiger partial charge in [0.15, 0.2) is 11.6 Å². The molecule has 2 saturated heterocycles. The second-order valence-electron chi connectivity index (χ2n) is 16.1. The van der Waals surface area contributed by atoms with Crippen molar-refractivity contribution in [3.63, 3.8) is 0 Å². The van der Waals surface area contributed by atoms with E-state index < -0.39 is 23.2 Å². The topological polar surface area (TPSA) is 146 Å². The summed E-state index contributed by atoms with van der Waals surface area (Å²) in [4.78, 5) is 27.7. The van der Waals surface area contributed by atoms with E-state index in [9.17, 15) is 23.5 Å². The Hall–Kier alpha value is -5.01. The Bertz CT molecular complexity index is 2150. The summed E-state index contributed by atoms with van der Waals surface area (Å²) in [6.07, 6.45) is 12.5. The van der Waals surface area contributed by atoms with Crippen LogP contribution in [0.1, 0.15) is 97.6 Å². The zero-order valence-electron chi connectivity index (χ0n) is 29.9. The molecule has 4 N–H and O–H groups in total. The van der Waals surface area contributed by atoms with Gasteiger partial charge in [-0.05, 0) is 87.0 Å². The molecule has 278 valence electrons. The maximum atomic E-state index is 14.3. The number of anilines is 1. The predicted octanol–water partition coefficient (Wildman–Crippen LogP) is 6.38. The fraction of sp³-hybridized carbons (Fsp3) is 0.513. The first-order chi connectivity index (χ1) is 25.5. The van der Waals surface area contributed by atoms with Crippen LogP contribution in [0.3, 0.4) is 0 Å². The highest BCUT2D eigenvalue weighted by molar-refractivity contribution is 6.04. The molecule has 2 amide bonds. The van der Waals surface area contributed by atoms with Gasteiger partial charge in [-0.3, -0.25) is 24.1 Å². The van der Waals surface area contributed by atoms with Gasteiger partial charge < -0.3 is 20.6 Å². The summed E-state index contributed by atoms with van der Waals surface area (Å²) < 4.78 is 32.6. The molecule has 1 aromatic carbocycles. The molecule has 5 aliphatic rings. The number of H-pyrrole nitrogens is 1. The molecule has 3 atom stereocenters. The number of aliphatic hydroxyl groups is 1. The van der Waals surface area contributed by atoms with Gasteiger partial charge >= 0.3 is 0 Å². The van der Waals surface area contributed by atoms with Crippen LogP contribution in [0.5, 0.6) is 0 Å². The Kier molecular flexibility index (Phi) is 8.00. The van der Waals surface area contributed by atoms with Gasteiger partial charge in [0.05, 0.1) is 35.6 Å². The van der Waals surface area contributed by atoms with Crippen LogP contribution in [0, 0.1) is 17.3 Å². The average molecular weight is 726 g/mol. The van der Waals surface area contributed by atoms with E-state index in [1.807, 2.05) is 10.9 Å². The van der Waals surface area contributed by atoms with Crippen molar-refractivity contribution < 1.29 is 23.5 Å². The Morgan fingerprint density at radius 2 is 1.89 bits per heavy atom. The molecule has 4 fully saturated rings. The predicted molar refractivity (Wildman–Crippen MR) is 193 cm³/mol. The number of aromatic nitrogens is 6. The van der Waals surface area contributed by atoms with Gasteiger partial charge in [-0.25, -0.2) is 8.78 Å². The zero-order chi connectivity index (χ0) is 36.6. The van der Waals surface area contributed by atoms with E-state index in [4.69, 9.17) is 5.10 Å². The lowest BCUT2D eigenvalue weighted by atomic mass is 9.85. The molecule has 3 aliphatic carbocycles. The van der Waals surface area contributed by atoms with Crippen LogP contribution < -0.4 is 10.6 Å². The van der Waals surface area contributed by atoms with Gasteiger partial charge in [-0.15, -0.1) is 0 Å². The van der Waals surface area contributed by atoms with E-state index in [2.05, 4.69) is 60.3 Å². The lowest BCUT2D eigenvalue weighted by molar-refractivity contribution is -0.122.